The summed E-state index contributed by atoms with van der Waals surface area (Å²) < 4.78 is 27.0. The van der Waals surface area contributed by atoms with E-state index in [0.29, 0.717) is 5.52 Å². The normalized spacial score (nSPS) is 11.7. The highest BCUT2D eigenvalue weighted by atomic mass is 35.7. The fourth-order valence-electron chi connectivity index (χ4n) is 1.48. The van der Waals surface area contributed by atoms with Crippen molar-refractivity contribution in [3.05, 3.63) is 18.0 Å². The molecule has 0 saturated heterocycles. The highest BCUT2D eigenvalue weighted by Crippen LogP contribution is 2.28. The lowest BCUT2D eigenvalue weighted by molar-refractivity contribution is 0.0588. The number of nitrogens with zero attached hydrogens (tertiary/aromatic N) is 1. The summed E-state index contributed by atoms with van der Waals surface area (Å²) in [4.78, 5) is 17.6. The number of esters is 1. The molecule has 9 heteroatoms. The highest BCUT2D eigenvalue weighted by Gasteiger charge is 2.20. The predicted molar refractivity (Wildman–Crippen MR) is 64.9 cm³/mol. The molecule has 0 saturated carbocycles. The zero-order chi connectivity index (χ0) is 13.5. The molecule has 0 atom stereocenters. The van der Waals surface area contributed by atoms with Gasteiger partial charge in [-0.25, -0.2) is 18.2 Å². The number of fused-ring (bicyclic) bond motifs is 1. The predicted octanol–water partition coefficient (Wildman–Crippen LogP) is 0.859. The van der Waals surface area contributed by atoms with Crippen LogP contribution in [0.4, 0.5) is 5.69 Å². The second-order valence-electron chi connectivity index (χ2n) is 3.39. The number of nitrogen functional groups attached to an aromatic ring is 1. The summed E-state index contributed by atoms with van der Waals surface area (Å²) in [5, 5.41) is 0. The Morgan fingerprint density at radius 2 is 2.17 bits per heavy atom. The molecule has 0 spiro atoms. The number of rotatable bonds is 2. The summed E-state index contributed by atoms with van der Waals surface area (Å²) in [6.07, 6.45) is 0. The summed E-state index contributed by atoms with van der Waals surface area (Å²) in [7, 11) is 2.46. The number of ether oxygens (including phenoxy) is 1. The number of aromatic amines is 1. The van der Waals surface area contributed by atoms with Crippen LogP contribution in [-0.2, 0) is 13.8 Å². The van der Waals surface area contributed by atoms with Crippen molar-refractivity contribution in [2.75, 3.05) is 12.8 Å². The van der Waals surface area contributed by atoms with Gasteiger partial charge in [0.1, 0.15) is 10.4 Å². The number of hydrogen-bond donors (Lipinski definition) is 2. The quantitative estimate of drug-likeness (QED) is 0.481. The van der Waals surface area contributed by atoms with Gasteiger partial charge in [0.25, 0.3) is 9.05 Å². The Labute approximate surface area is 106 Å². The number of halogens is 1. The van der Waals surface area contributed by atoms with Crippen molar-refractivity contribution in [1.82, 2.24) is 9.97 Å². The fourth-order valence-corrected chi connectivity index (χ4v) is 2.48. The van der Waals surface area contributed by atoms with E-state index >= 15 is 0 Å². The number of hydrogen-bond acceptors (Lipinski definition) is 6. The van der Waals surface area contributed by atoms with E-state index in [9.17, 15) is 13.2 Å². The molecule has 0 unspecified atom stereocenters. The van der Waals surface area contributed by atoms with Crippen LogP contribution in [0.15, 0.2) is 17.0 Å². The van der Waals surface area contributed by atoms with Crippen molar-refractivity contribution in [1.29, 1.82) is 0 Å². The molecular formula is C9H8ClN3O4S. The van der Waals surface area contributed by atoms with Gasteiger partial charge >= 0.3 is 5.97 Å². The number of H-pyrrole nitrogens is 1. The molecule has 0 aliphatic carbocycles. The first kappa shape index (κ1) is 12.7. The van der Waals surface area contributed by atoms with E-state index in [1.165, 1.54) is 19.2 Å². The molecule has 18 heavy (non-hydrogen) atoms. The third kappa shape index (κ3) is 2.00. The Morgan fingerprint density at radius 1 is 1.50 bits per heavy atom. The molecule has 0 aliphatic rings. The molecule has 2 rings (SSSR count). The maximum atomic E-state index is 11.3. The van der Waals surface area contributed by atoms with Gasteiger partial charge in [0.15, 0.2) is 0 Å². The van der Waals surface area contributed by atoms with E-state index in [2.05, 4.69) is 14.7 Å². The SMILES string of the molecule is COC(=O)c1nc2c(N)c(S(=O)(=O)Cl)ccc2[nH]1. The number of imidazole rings is 1. The van der Waals surface area contributed by atoms with Crippen LogP contribution in [0.25, 0.3) is 11.0 Å². The summed E-state index contributed by atoms with van der Waals surface area (Å²) in [5.74, 6) is -0.746. The molecular weight excluding hydrogens is 282 g/mol. The Kier molecular flexibility index (Phi) is 2.91. The number of anilines is 1. The Morgan fingerprint density at radius 3 is 2.72 bits per heavy atom. The van der Waals surface area contributed by atoms with Gasteiger partial charge in [-0.05, 0) is 12.1 Å². The minimum atomic E-state index is -3.96. The maximum Gasteiger partial charge on any atom is 0.374 e. The number of carbonyl (C=O) groups excluding carboxylic acids is 1. The zero-order valence-electron chi connectivity index (χ0n) is 9.10. The molecule has 0 bridgehead atoms. The number of nitrogens with two attached hydrogens (primary N) is 1. The van der Waals surface area contributed by atoms with Gasteiger partial charge in [-0.1, -0.05) is 0 Å². The van der Waals surface area contributed by atoms with E-state index < -0.39 is 15.0 Å². The molecule has 1 aromatic heterocycles. The van der Waals surface area contributed by atoms with Gasteiger partial charge in [-0.2, -0.15) is 0 Å². The highest BCUT2D eigenvalue weighted by molar-refractivity contribution is 8.13. The van der Waals surface area contributed by atoms with Crippen molar-refractivity contribution in [3.63, 3.8) is 0 Å². The van der Waals surface area contributed by atoms with Crippen LogP contribution in [0.1, 0.15) is 10.6 Å². The molecule has 0 aliphatic heterocycles. The molecule has 1 aromatic carbocycles. The molecule has 2 aromatic rings. The first-order valence-electron chi connectivity index (χ1n) is 4.65. The van der Waals surface area contributed by atoms with Gasteiger partial charge in [0, 0.05) is 10.7 Å². The van der Waals surface area contributed by atoms with Crippen LogP contribution in [0.2, 0.25) is 0 Å². The molecule has 1 heterocycles. The van der Waals surface area contributed by atoms with Crippen molar-refractivity contribution >= 4 is 42.4 Å². The molecule has 0 fully saturated rings. The van der Waals surface area contributed by atoms with Crippen molar-refractivity contribution < 1.29 is 17.9 Å². The van der Waals surface area contributed by atoms with Crippen molar-refractivity contribution in [2.45, 2.75) is 4.90 Å². The number of benzene rings is 1. The van der Waals surface area contributed by atoms with Gasteiger partial charge in [0.05, 0.1) is 18.3 Å². The lowest BCUT2D eigenvalue weighted by atomic mass is 10.3. The third-order valence-electron chi connectivity index (χ3n) is 2.30. The standard InChI is InChI=1S/C9H8ClN3O4S/c1-17-9(14)8-12-4-2-3-5(18(10,15)16)6(11)7(4)13-8/h2-3H,11H2,1H3,(H,12,13). The average molecular weight is 290 g/mol. The van der Waals surface area contributed by atoms with Crippen LogP contribution in [0.3, 0.4) is 0 Å². The number of methoxy groups -OCH3 is 1. The first-order valence-corrected chi connectivity index (χ1v) is 6.96. The molecule has 96 valence electrons. The number of carbonyl (C=O) groups is 1. The second kappa shape index (κ2) is 4.14. The molecule has 0 amide bonds. The second-order valence-corrected chi connectivity index (χ2v) is 5.92. The molecule has 7 nitrogen and oxygen atoms in total. The fraction of sp³-hybridized carbons (Fsp3) is 0.111. The monoisotopic (exact) mass is 289 g/mol. The minimum absolute atomic E-state index is 0.0664. The lowest BCUT2D eigenvalue weighted by Crippen LogP contribution is -2.03. The van der Waals surface area contributed by atoms with Gasteiger partial charge < -0.3 is 15.5 Å². The summed E-state index contributed by atoms with van der Waals surface area (Å²) in [5.41, 5.74) is 6.11. The summed E-state index contributed by atoms with van der Waals surface area (Å²) in [6.45, 7) is 0. The van der Waals surface area contributed by atoms with E-state index in [1.54, 1.807) is 0 Å². The maximum absolute atomic E-state index is 11.3. The summed E-state index contributed by atoms with van der Waals surface area (Å²) in [6, 6.07) is 2.65. The van der Waals surface area contributed by atoms with Crippen molar-refractivity contribution in [3.8, 4) is 0 Å². The van der Waals surface area contributed by atoms with Crippen LogP contribution in [-0.4, -0.2) is 31.5 Å². The first-order chi connectivity index (χ1) is 8.34. The zero-order valence-corrected chi connectivity index (χ0v) is 10.7. The number of aromatic nitrogens is 2. The van der Waals surface area contributed by atoms with E-state index in [4.69, 9.17) is 16.4 Å². The summed E-state index contributed by atoms with van der Waals surface area (Å²) >= 11 is 0. The topological polar surface area (TPSA) is 115 Å². The van der Waals surface area contributed by atoms with Crippen LogP contribution < -0.4 is 5.73 Å². The van der Waals surface area contributed by atoms with Gasteiger partial charge in [-0.3, -0.25) is 0 Å². The Balaban J connectivity index is 2.72. The van der Waals surface area contributed by atoms with E-state index in [-0.39, 0.29) is 21.9 Å². The lowest BCUT2D eigenvalue weighted by Gasteiger charge is -2.01. The third-order valence-corrected chi connectivity index (χ3v) is 3.68. The Bertz CT molecular complexity index is 738. The van der Waals surface area contributed by atoms with Crippen molar-refractivity contribution in [2.24, 2.45) is 0 Å². The van der Waals surface area contributed by atoms with E-state index in [1.807, 2.05) is 0 Å². The molecule has 3 N–H and O–H groups in total. The van der Waals surface area contributed by atoms with Crippen LogP contribution in [0.5, 0.6) is 0 Å². The minimum Gasteiger partial charge on any atom is -0.463 e. The smallest absolute Gasteiger partial charge is 0.374 e. The largest absolute Gasteiger partial charge is 0.463 e. The van der Waals surface area contributed by atoms with Gasteiger partial charge in [-0.15, -0.1) is 0 Å². The molecule has 0 radical (unpaired) electrons. The number of nitrogens with one attached hydrogen (secondary N) is 1. The van der Waals surface area contributed by atoms with Gasteiger partial charge in [0.2, 0.25) is 5.82 Å². The van der Waals surface area contributed by atoms with Crippen LogP contribution in [0, 0.1) is 0 Å². The average Bonchev–Trinajstić information content (AvgIpc) is 2.71. The van der Waals surface area contributed by atoms with Crippen LogP contribution >= 0.6 is 10.7 Å². The van der Waals surface area contributed by atoms with E-state index in [0.717, 1.165) is 0 Å². The Hall–Kier alpha value is -1.80.